The Morgan fingerprint density at radius 3 is 2.12 bits per heavy atom. The molecule has 0 fully saturated rings. The second-order valence-corrected chi connectivity index (χ2v) is 7.65. The predicted molar refractivity (Wildman–Crippen MR) is 103 cm³/mol. The van der Waals surface area contributed by atoms with Crippen LogP contribution in [0.15, 0.2) is 88.2 Å². The zero-order valence-corrected chi connectivity index (χ0v) is 15.5. The van der Waals surface area contributed by atoms with Crippen molar-refractivity contribution < 1.29 is 13.2 Å². The van der Waals surface area contributed by atoms with Crippen molar-refractivity contribution in [3.8, 4) is 5.75 Å². The second-order valence-electron chi connectivity index (χ2n) is 5.61. The molecule has 0 heterocycles. The molecule has 3 aromatic rings. The summed E-state index contributed by atoms with van der Waals surface area (Å²) in [4.78, 5) is 0.0443. The van der Waals surface area contributed by atoms with Crippen molar-refractivity contribution in [2.75, 3.05) is 0 Å². The first kappa shape index (κ1) is 18.2. The van der Waals surface area contributed by atoms with Gasteiger partial charge in [-0.3, -0.25) is 0 Å². The molecule has 0 aliphatic carbocycles. The lowest BCUT2D eigenvalue weighted by atomic mass is 10.2. The summed E-state index contributed by atoms with van der Waals surface area (Å²) in [6.07, 6.45) is 0. The summed E-state index contributed by atoms with van der Waals surface area (Å²) in [6, 6.07) is 22.0. The van der Waals surface area contributed by atoms with Gasteiger partial charge in [0, 0.05) is 10.6 Å². The Morgan fingerprint density at radius 1 is 0.885 bits per heavy atom. The number of ether oxygens (including phenoxy) is 1. The monoisotopic (exact) mass is 385 g/mol. The van der Waals surface area contributed by atoms with Gasteiger partial charge < -0.3 is 4.74 Å². The second kappa shape index (κ2) is 7.72. The first-order valence-electron chi connectivity index (χ1n) is 7.84. The first-order chi connectivity index (χ1) is 12.4. The lowest BCUT2D eigenvalue weighted by molar-refractivity contribution is 0.550. The molecule has 0 unspecified atom stereocenters. The minimum Gasteiger partial charge on any atom is -0.438 e. The standard InChI is InChI=1S/C20H16ClNO3S/c1-15-7-11-18(12-8-15)25-20(16-5-3-2-4-6-16)22-26(23,24)19-13-9-17(21)10-14-19/h2-14H,1H3/b22-20-. The molecule has 0 N–H and O–H groups in total. The maximum Gasteiger partial charge on any atom is 0.285 e. The number of halogens is 1. The summed E-state index contributed by atoms with van der Waals surface area (Å²) in [5.74, 6) is 0.508. The predicted octanol–water partition coefficient (Wildman–Crippen LogP) is 4.86. The molecule has 0 atom stereocenters. The highest BCUT2D eigenvalue weighted by atomic mass is 35.5. The van der Waals surface area contributed by atoms with Gasteiger partial charge in [0.2, 0.25) is 5.90 Å². The molecule has 0 spiro atoms. The van der Waals surface area contributed by atoms with Gasteiger partial charge in [-0.25, -0.2) is 0 Å². The molecule has 0 bridgehead atoms. The lowest BCUT2D eigenvalue weighted by Crippen LogP contribution is -2.13. The van der Waals surface area contributed by atoms with Crippen LogP contribution in [0.3, 0.4) is 0 Å². The molecule has 26 heavy (non-hydrogen) atoms. The largest absolute Gasteiger partial charge is 0.438 e. The summed E-state index contributed by atoms with van der Waals surface area (Å²) in [6.45, 7) is 1.96. The highest BCUT2D eigenvalue weighted by molar-refractivity contribution is 7.90. The number of hydrogen-bond acceptors (Lipinski definition) is 3. The van der Waals surface area contributed by atoms with Crippen LogP contribution < -0.4 is 4.74 Å². The number of aryl methyl sites for hydroxylation is 1. The number of hydrogen-bond donors (Lipinski definition) is 0. The fourth-order valence-electron chi connectivity index (χ4n) is 2.20. The van der Waals surface area contributed by atoms with Crippen molar-refractivity contribution in [2.45, 2.75) is 11.8 Å². The van der Waals surface area contributed by atoms with Crippen molar-refractivity contribution in [3.63, 3.8) is 0 Å². The first-order valence-corrected chi connectivity index (χ1v) is 9.66. The van der Waals surface area contributed by atoms with Gasteiger partial charge in [-0.2, -0.15) is 8.42 Å². The Balaban J connectivity index is 2.03. The fourth-order valence-corrected chi connectivity index (χ4v) is 3.27. The van der Waals surface area contributed by atoms with Crippen molar-refractivity contribution in [2.24, 2.45) is 4.40 Å². The average Bonchev–Trinajstić information content (AvgIpc) is 2.64. The third-order valence-electron chi connectivity index (χ3n) is 3.57. The van der Waals surface area contributed by atoms with E-state index in [9.17, 15) is 8.42 Å². The molecular formula is C20H16ClNO3S. The van der Waals surface area contributed by atoms with Crippen LogP contribution in [0.4, 0.5) is 0 Å². The molecule has 0 radical (unpaired) electrons. The molecule has 0 saturated heterocycles. The minimum absolute atomic E-state index is 0.00408. The van der Waals surface area contributed by atoms with Gasteiger partial charge in [-0.1, -0.05) is 47.5 Å². The zero-order chi connectivity index (χ0) is 18.6. The van der Waals surface area contributed by atoms with Crippen LogP contribution in [-0.2, 0) is 10.0 Å². The van der Waals surface area contributed by atoms with E-state index in [4.69, 9.17) is 16.3 Å². The molecule has 3 rings (SSSR count). The lowest BCUT2D eigenvalue weighted by Gasteiger charge is -2.10. The van der Waals surface area contributed by atoms with Crippen LogP contribution in [0.2, 0.25) is 5.02 Å². The van der Waals surface area contributed by atoms with Crippen molar-refractivity contribution >= 4 is 27.5 Å². The topological polar surface area (TPSA) is 55.7 Å². The summed E-state index contributed by atoms with van der Waals surface area (Å²) >= 11 is 5.83. The Bertz CT molecular complexity index is 1010. The summed E-state index contributed by atoms with van der Waals surface area (Å²) in [5.41, 5.74) is 1.63. The Hall–Kier alpha value is -2.63. The quantitative estimate of drug-likeness (QED) is 0.476. The number of benzene rings is 3. The third-order valence-corrected chi connectivity index (χ3v) is 5.10. The van der Waals surface area contributed by atoms with E-state index in [0.29, 0.717) is 16.3 Å². The number of rotatable bonds is 4. The van der Waals surface area contributed by atoms with Gasteiger partial charge in [-0.15, -0.1) is 4.40 Å². The number of sulfonamides is 1. The van der Waals surface area contributed by atoms with E-state index < -0.39 is 10.0 Å². The maximum absolute atomic E-state index is 12.7. The van der Waals surface area contributed by atoms with Gasteiger partial charge in [0.05, 0.1) is 4.90 Å². The van der Waals surface area contributed by atoms with E-state index in [1.165, 1.54) is 24.3 Å². The Labute approximate surface area is 157 Å². The van der Waals surface area contributed by atoms with Gasteiger partial charge in [0.25, 0.3) is 10.0 Å². The van der Waals surface area contributed by atoms with E-state index in [1.807, 2.05) is 25.1 Å². The molecular weight excluding hydrogens is 370 g/mol. The van der Waals surface area contributed by atoms with Crippen LogP contribution in [0.5, 0.6) is 5.75 Å². The molecule has 0 aromatic heterocycles. The van der Waals surface area contributed by atoms with Crippen LogP contribution in [0.1, 0.15) is 11.1 Å². The van der Waals surface area contributed by atoms with E-state index in [2.05, 4.69) is 4.40 Å². The van der Waals surface area contributed by atoms with Crippen molar-refractivity contribution in [1.82, 2.24) is 0 Å². The molecule has 0 saturated carbocycles. The van der Waals surface area contributed by atoms with Crippen LogP contribution >= 0.6 is 11.6 Å². The van der Waals surface area contributed by atoms with Crippen molar-refractivity contribution in [3.05, 3.63) is 95.0 Å². The van der Waals surface area contributed by atoms with Crippen LogP contribution in [0, 0.1) is 6.92 Å². The van der Waals surface area contributed by atoms with Crippen LogP contribution in [0.25, 0.3) is 0 Å². The van der Waals surface area contributed by atoms with E-state index >= 15 is 0 Å². The highest BCUT2D eigenvalue weighted by Gasteiger charge is 2.17. The maximum atomic E-state index is 12.7. The molecule has 0 aliphatic rings. The highest BCUT2D eigenvalue weighted by Crippen LogP contribution is 2.19. The van der Waals surface area contributed by atoms with Gasteiger partial charge in [0.1, 0.15) is 5.75 Å². The summed E-state index contributed by atoms with van der Waals surface area (Å²) < 4.78 is 35.0. The summed E-state index contributed by atoms with van der Waals surface area (Å²) in [7, 11) is -3.95. The molecule has 0 aliphatic heterocycles. The van der Waals surface area contributed by atoms with Gasteiger partial charge >= 0.3 is 0 Å². The molecule has 4 nitrogen and oxygen atoms in total. The average molecular weight is 386 g/mol. The Kier molecular flexibility index (Phi) is 5.40. The van der Waals surface area contributed by atoms with E-state index in [-0.39, 0.29) is 10.8 Å². The normalized spacial score (nSPS) is 12.0. The smallest absolute Gasteiger partial charge is 0.285 e. The van der Waals surface area contributed by atoms with Gasteiger partial charge in [-0.05, 0) is 55.5 Å². The molecule has 3 aromatic carbocycles. The number of nitrogens with zero attached hydrogens (tertiary/aromatic N) is 1. The van der Waals surface area contributed by atoms with Gasteiger partial charge in [0.15, 0.2) is 0 Å². The van der Waals surface area contributed by atoms with E-state index in [0.717, 1.165) is 5.56 Å². The fraction of sp³-hybridized carbons (Fsp3) is 0.0500. The minimum atomic E-state index is -3.95. The van der Waals surface area contributed by atoms with Crippen molar-refractivity contribution in [1.29, 1.82) is 0 Å². The summed E-state index contributed by atoms with van der Waals surface area (Å²) in [5, 5.41) is 0.451. The SMILES string of the molecule is Cc1ccc(O/C(=N\S(=O)(=O)c2ccc(Cl)cc2)c2ccccc2)cc1. The van der Waals surface area contributed by atoms with E-state index in [1.54, 1.807) is 36.4 Å². The zero-order valence-electron chi connectivity index (χ0n) is 14.0. The Morgan fingerprint density at radius 2 is 1.50 bits per heavy atom. The van der Waals surface area contributed by atoms with Crippen LogP contribution in [-0.4, -0.2) is 14.3 Å². The molecule has 6 heteroatoms. The third kappa shape index (κ3) is 4.50. The molecule has 132 valence electrons. The molecule has 0 amide bonds.